The van der Waals surface area contributed by atoms with Crippen LogP contribution in [0.5, 0.6) is 0 Å². The Morgan fingerprint density at radius 3 is 2.71 bits per heavy atom. The van der Waals surface area contributed by atoms with Crippen LogP contribution in [0.4, 0.5) is 10.2 Å². The van der Waals surface area contributed by atoms with Crippen LogP contribution in [0.2, 0.25) is 0 Å². The Morgan fingerprint density at radius 2 is 2.12 bits per heavy atom. The van der Waals surface area contributed by atoms with E-state index in [-0.39, 0.29) is 5.82 Å². The maximum absolute atomic E-state index is 13.9. The van der Waals surface area contributed by atoms with Gasteiger partial charge in [-0.25, -0.2) is 14.4 Å². The van der Waals surface area contributed by atoms with Gasteiger partial charge in [-0.05, 0) is 25.8 Å². The minimum Gasteiger partial charge on any atom is -0.354 e. The van der Waals surface area contributed by atoms with Crippen LogP contribution in [-0.2, 0) is 0 Å². The molecule has 0 unspecified atom stereocenters. The van der Waals surface area contributed by atoms with E-state index in [0.717, 1.165) is 19.5 Å². The summed E-state index contributed by atoms with van der Waals surface area (Å²) in [5.74, 6) is 0.507. The highest BCUT2D eigenvalue weighted by Crippen LogP contribution is 2.18. The first-order valence-corrected chi connectivity index (χ1v) is 5.98. The second kappa shape index (κ2) is 6.49. The molecule has 0 saturated heterocycles. The molecule has 1 rings (SSSR count). The number of nitrogens with two attached hydrogens (primary N) is 1. The molecule has 5 heteroatoms. The second-order valence-corrected chi connectivity index (χ2v) is 4.58. The van der Waals surface area contributed by atoms with Gasteiger partial charge in [0.25, 0.3) is 0 Å². The van der Waals surface area contributed by atoms with Gasteiger partial charge < -0.3 is 10.6 Å². The van der Waals surface area contributed by atoms with Gasteiger partial charge >= 0.3 is 0 Å². The van der Waals surface area contributed by atoms with Gasteiger partial charge in [0.05, 0.1) is 5.69 Å². The summed E-state index contributed by atoms with van der Waals surface area (Å²) in [6.45, 7) is 7.94. The van der Waals surface area contributed by atoms with Crippen LogP contribution in [0.25, 0.3) is 0 Å². The number of hydrogen-bond donors (Lipinski definition) is 1. The van der Waals surface area contributed by atoms with Crippen molar-refractivity contribution in [2.75, 3.05) is 24.5 Å². The third kappa shape index (κ3) is 3.93. The lowest BCUT2D eigenvalue weighted by molar-refractivity contribution is 0.557. The molecule has 1 heterocycles. The van der Waals surface area contributed by atoms with Crippen molar-refractivity contribution in [2.24, 2.45) is 11.7 Å². The summed E-state index contributed by atoms with van der Waals surface area (Å²) in [5.41, 5.74) is 5.89. The normalized spacial score (nSPS) is 10.9. The number of halogens is 1. The van der Waals surface area contributed by atoms with Gasteiger partial charge in [0.2, 0.25) is 0 Å². The van der Waals surface area contributed by atoms with Crippen molar-refractivity contribution >= 4 is 5.82 Å². The van der Waals surface area contributed by atoms with Crippen LogP contribution in [0.3, 0.4) is 0 Å². The van der Waals surface area contributed by atoms with Crippen molar-refractivity contribution in [3.63, 3.8) is 0 Å². The Labute approximate surface area is 102 Å². The summed E-state index contributed by atoms with van der Waals surface area (Å²) in [5, 5.41) is 0. The molecule has 0 amide bonds. The van der Waals surface area contributed by atoms with Crippen molar-refractivity contribution in [1.82, 2.24) is 9.97 Å². The lowest BCUT2D eigenvalue weighted by Crippen LogP contribution is -2.31. The molecule has 0 spiro atoms. The molecule has 2 N–H and O–H groups in total. The van der Waals surface area contributed by atoms with Gasteiger partial charge in [0.15, 0.2) is 11.6 Å². The van der Waals surface area contributed by atoms with Crippen LogP contribution in [0.1, 0.15) is 26.0 Å². The molecule has 96 valence electrons. The monoisotopic (exact) mass is 240 g/mol. The fourth-order valence-corrected chi connectivity index (χ4v) is 1.67. The molecule has 0 aliphatic rings. The van der Waals surface area contributed by atoms with Gasteiger partial charge in [-0.1, -0.05) is 13.8 Å². The van der Waals surface area contributed by atoms with E-state index in [9.17, 15) is 4.39 Å². The predicted molar refractivity (Wildman–Crippen MR) is 67.4 cm³/mol. The summed E-state index contributed by atoms with van der Waals surface area (Å²) in [7, 11) is 0. The third-order valence-corrected chi connectivity index (χ3v) is 2.46. The van der Waals surface area contributed by atoms with Crippen molar-refractivity contribution in [3.8, 4) is 0 Å². The first-order chi connectivity index (χ1) is 8.06. The number of hydrogen-bond acceptors (Lipinski definition) is 4. The number of rotatable bonds is 6. The maximum Gasteiger partial charge on any atom is 0.186 e. The van der Waals surface area contributed by atoms with Gasteiger partial charge in [-0.15, -0.1) is 0 Å². The molecule has 0 aliphatic carbocycles. The van der Waals surface area contributed by atoms with Crippen molar-refractivity contribution in [2.45, 2.75) is 27.2 Å². The van der Waals surface area contributed by atoms with Crippen LogP contribution in [0.15, 0.2) is 6.33 Å². The highest BCUT2D eigenvalue weighted by Gasteiger charge is 2.16. The fourth-order valence-electron chi connectivity index (χ4n) is 1.67. The largest absolute Gasteiger partial charge is 0.354 e. The highest BCUT2D eigenvalue weighted by molar-refractivity contribution is 5.40. The fraction of sp³-hybridized carbons (Fsp3) is 0.667. The first-order valence-electron chi connectivity index (χ1n) is 5.98. The van der Waals surface area contributed by atoms with E-state index in [4.69, 9.17) is 5.73 Å². The van der Waals surface area contributed by atoms with Crippen molar-refractivity contribution in [3.05, 3.63) is 17.8 Å². The molecule has 0 bridgehead atoms. The summed E-state index contributed by atoms with van der Waals surface area (Å²) < 4.78 is 13.9. The van der Waals surface area contributed by atoms with Crippen LogP contribution >= 0.6 is 0 Å². The number of anilines is 1. The molecule has 4 nitrogen and oxygen atoms in total. The minimum absolute atomic E-state index is 0.329. The summed E-state index contributed by atoms with van der Waals surface area (Å²) in [6.07, 6.45) is 2.23. The number of aryl methyl sites for hydroxylation is 1. The standard InChI is InChI=1S/C12H21FN4/c1-9(2)7-17(6-4-5-14)12-11(13)10(3)15-8-16-12/h8-9H,4-7,14H2,1-3H3. The molecule has 0 radical (unpaired) electrons. The summed E-state index contributed by atoms with van der Waals surface area (Å²) in [6, 6.07) is 0. The van der Waals surface area contributed by atoms with E-state index >= 15 is 0 Å². The molecule has 0 saturated carbocycles. The molecule has 0 aliphatic heterocycles. The van der Waals surface area contributed by atoms with Crippen LogP contribution in [-0.4, -0.2) is 29.6 Å². The lowest BCUT2D eigenvalue weighted by atomic mass is 10.2. The first kappa shape index (κ1) is 13.8. The second-order valence-electron chi connectivity index (χ2n) is 4.58. The maximum atomic E-state index is 13.9. The number of aromatic nitrogens is 2. The Balaban J connectivity index is 2.90. The van der Waals surface area contributed by atoms with Gasteiger partial charge in [0.1, 0.15) is 6.33 Å². The summed E-state index contributed by atoms with van der Waals surface area (Å²) >= 11 is 0. The Hall–Kier alpha value is -1.23. The molecular weight excluding hydrogens is 219 g/mol. The lowest BCUT2D eigenvalue weighted by Gasteiger charge is -2.25. The average Bonchev–Trinajstić information content (AvgIpc) is 2.28. The Kier molecular flexibility index (Phi) is 5.28. The molecule has 0 atom stereocenters. The zero-order valence-corrected chi connectivity index (χ0v) is 10.8. The average molecular weight is 240 g/mol. The van der Waals surface area contributed by atoms with E-state index in [1.807, 2.05) is 4.90 Å². The van der Waals surface area contributed by atoms with E-state index in [2.05, 4.69) is 23.8 Å². The molecule has 17 heavy (non-hydrogen) atoms. The topological polar surface area (TPSA) is 55.0 Å². The number of nitrogens with zero attached hydrogens (tertiary/aromatic N) is 3. The van der Waals surface area contributed by atoms with Gasteiger partial charge in [-0.3, -0.25) is 0 Å². The van der Waals surface area contributed by atoms with Crippen LogP contribution in [0, 0.1) is 18.7 Å². The zero-order chi connectivity index (χ0) is 12.8. The SMILES string of the molecule is Cc1ncnc(N(CCCN)CC(C)C)c1F. The van der Waals surface area contributed by atoms with Gasteiger partial charge in [-0.2, -0.15) is 0 Å². The quantitative estimate of drug-likeness (QED) is 0.823. The van der Waals surface area contributed by atoms with E-state index < -0.39 is 0 Å². The van der Waals surface area contributed by atoms with Crippen molar-refractivity contribution in [1.29, 1.82) is 0 Å². The van der Waals surface area contributed by atoms with E-state index in [1.54, 1.807) is 6.92 Å². The molecule has 1 aromatic heterocycles. The van der Waals surface area contributed by atoms with E-state index in [0.29, 0.717) is 24.0 Å². The molecule has 0 aromatic carbocycles. The molecule has 1 aromatic rings. The Bertz CT molecular complexity index is 354. The van der Waals surface area contributed by atoms with Crippen LogP contribution < -0.4 is 10.6 Å². The van der Waals surface area contributed by atoms with Gasteiger partial charge in [0, 0.05) is 13.1 Å². The third-order valence-electron chi connectivity index (χ3n) is 2.46. The minimum atomic E-state index is -0.329. The smallest absolute Gasteiger partial charge is 0.186 e. The van der Waals surface area contributed by atoms with Crippen molar-refractivity contribution < 1.29 is 4.39 Å². The highest BCUT2D eigenvalue weighted by atomic mass is 19.1. The predicted octanol–water partition coefficient (Wildman–Crippen LogP) is 1.74. The molecule has 0 fully saturated rings. The summed E-state index contributed by atoms with van der Waals surface area (Å²) in [4.78, 5) is 9.83. The zero-order valence-electron chi connectivity index (χ0n) is 10.8. The molecular formula is C12H21FN4. The Morgan fingerprint density at radius 1 is 1.41 bits per heavy atom. The van der Waals surface area contributed by atoms with E-state index in [1.165, 1.54) is 6.33 Å².